The maximum atomic E-state index is 15.4. The molecule has 0 amide bonds. The van der Waals surface area contributed by atoms with E-state index in [1.807, 2.05) is 0 Å². The molecule has 2 aliphatic carbocycles. The molecule has 20 heteroatoms. The van der Waals surface area contributed by atoms with Crippen molar-refractivity contribution in [2.45, 2.75) is 35.5 Å². The Bertz CT molecular complexity index is 2950. The summed E-state index contributed by atoms with van der Waals surface area (Å²) in [5, 5.41) is -0.733. The van der Waals surface area contributed by atoms with Crippen LogP contribution < -0.4 is 18.9 Å². The fourth-order valence-electron chi connectivity index (χ4n) is 8.64. The number of hydrogen-bond donors (Lipinski definition) is 0. The quantitative estimate of drug-likeness (QED) is 0.114. The Morgan fingerprint density at radius 2 is 0.459 bits per heavy atom. The molecular weight excluding hydrogens is 1070 g/mol. The van der Waals surface area contributed by atoms with E-state index in [0.29, 0.717) is 41.8 Å². The van der Waals surface area contributed by atoms with Crippen LogP contribution >= 0.6 is 45.3 Å². The summed E-state index contributed by atoms with van der Waals surface area (Å²) >= 11 is 3.61. The average Bonchev–Trinajstić information content (AvgIpc) is 4.24. The van der Waals surface area contributed by atoms with Crippen molar-refractivity contribution in [3.8, 4) is 62.0 Å². The zero-order valence-corrected chi connectivity index (χ0v) is 41.9. The smallest absolute Gasteiger partial charge is 0.380 e. The molecule has 0 N–H and O–H groups in total. The van der Waals surface area contributed by atoms with Crippen LogP contribution in [-0.4, -0.2) is 64.0 Å². The van der Waals surface area contributed by atoms with E-state index in [-0.39, 0.29) is 20.3 Å². The summed E-state index contributed by atoms with van der Waals surface area (Å²) in [4.78, 5) is 1.60. The number of ether oxygens (including phenoxy) is 4. The van der Waals surface area contributed by atoms with Gasteiger partial charge in [0.15, 0.2) is 20.3 Å². The molecule has 74 heavy (non-hydrogen) atoms. The number of methoxy groups -OCH3 is 4. The molecule has 8 aromatic rings. The van der Waals surface area contributed by atoms with Crippen molar-refractivity contribution < 1.29 is 71.6 Å². The molecule has 0 saturated carbocycles. The van der Waals surface area contributed by atoms with Gasteiger partial charge >= 0.3 is 35.5 Å². The van der Waals surface area contributed by atoms with Gasteiger partial charge in [0.1, 0.15) is 0 Å². The van der Waals surface area contributed by atoms with Crippen LogP contribution in [-0.2, 0) is 0 Å². The molecule has 0 atom stereocenters. The van der Waals surface area contributed by atoms with Gasteiger partial charge in [0, 0.05) is 64.1 Å². The third-order valence-corrected chi connectivity index (χ3v) is 16.8. The van der Waals surface area contributed by atoms with Gasteiger partial charge in [-0.1, -0.05) is 167 Å². The minimum absolute atomic E-state index is 0.183. The van der Waals surface area contributed by atoms with E-state index in [1.54, 1.807) is 121 Å². The van der Waals surface area contributed by atoms with Crippen LogP contribution in [0, 0.1) is 0 Å². The van der Waals surface area contributed by atoms with Gasteiger partial charge < -0.3 is 18.9 Å². The van der Waals surface area contributed by atoms with Gasteiger partial charge in [-0.2, -0.15) is 52.7 Å². The lowest BCUT2D eigenvalue weighted by Gasteiger charge is -2.25. The second-order valence-electron chi connectivity index (χ2n) is 16.5. The van der Waals surface area contributed by atoms with Crippen LogP contribution in [0.3, 0.4) is 0 Å². The molecule has 0 radical (unpaired) electrons. The predicted octanol–water partition coefficient (Wildman–Crippen LogP) is 18.0. The monoisotopic (exact) mass is 1100 g/mol. The van der Waals surface area contributed by atoms with Crippen LogP contribution in [0.25, 0.3) is 64.1 Å². The number of alkyl halides is 12. The van der Waals surface area contributed by atoms with Crippen molar-refractivity contribution in [2.75, 3.05) is 28.4 Å². The summed E-state index contributed by atoms with van der Waals surface area (Å²) in [6.07, 6.45) is 0. The Balaban J connectivity index is 0.000000182. The lowest BCUT2D eigenvalue weighted by Crippen LogP contribution is -2.48. The van der Waals surface area contributed by atoms with Gasteiger partial charge in [-0.15, -0.1) is 0 Å². The predicted molar refractivity (Wildman–Crippen MR) is 269 cm³/mol. The first-order valence-electron chi connectivity index (χ1n) is 21.8. The fourth-order valence-corrected chi connectivity index (χ4v) is 12.6. The summed E-state index contributed by atoms with van der Waals surface area (Å²) in [5.41, 5.74) is -5.59. The lowest BCUT2D eigenvalue weighted by atomic mass is 9.96. The highest BCUT2D eigenvalue weighted by atomic mass is 32.1. The van der Waals surface area contributed by atoms with Gasteiger partial charge in [0.05, 0.1) is 28.4 Å². The maximum Gasteiger partial charge on any atom is 0.380 e. The lowest BCUT2D eigenvalue weighted by molar-refractivity contribution is -0.254. The highest BCUT2D eigenvalue weighted by molar-refractivity contribution is 7.18. The standard InChI is InChI=1S/2C27H18F6O2S2/c2*1-34-23-17(13-19(36-23)15-9-5-3-6-10-15)21-22(26(30,31)27(32,33)25(21,28)29)18-14-20(37-24(18)35-2)16-11-7-4-8-12-16/h2*3-14H,1-2H3. The van der Waals surface area contributed by atoms with Gasteiger partial charge in [0.25, 0.3) is 0 Å². The summed E-state index contributed by atoms with van der Waals surface area (Å²) in [5.74, 6) is -32.2. The molecule has 0 aliphatic heterocycles. The van der Waals surface area contributed by atoms with Gasteiger partial charge in [-0.25, -0.2) is 0 Å². The Morgan fingerprint density at radius 1 is 0.284 bits per heavy atom. The number of halogens is 12. The summed E-state index contributed by atoms with van der Waals surface area (Å²) in [6, 6.07) is 38.9. The van der Waals surface area contributed by atoms with Crippen LogP contribution in [0.2, 0.25) is 0 Å². The molecule has 4 aromatic heterocycles. The number of benzene rings is 4. The number of thiophene rings is 4. The minimum atomic E-state index is -5.69. The average molecular weight is 1110 g/mol. The molecule has 0 fully saturated rings. The van der Waals surface area contributed by atoms with Crippen molar-refractivity contribution in [1.82, 2.24) is 0 Å². The Morgan fingerprint density at radius 3 is 0.622 bits per heavy atom. The van der Waals surface area contributed by atoms with E-state index < -0.39 is 80.1 Å². The van der Waals surface area contributed by atoms with Crippen LogP contribution in [0.15, 0.2) is 146 Å². The van der Waals surface area contributed by atoms with Crippen molar-refractivity contribution in [1.29, 1.82) is 0 Å². The molecule has 0 saturated heterocycles. The third-order valence-electron chi connectivity index (χ3n) is 12.2. The molecule has 384 valence electrons. The number of hydrogen-bond acceptors (Lipinski definition) is 8. The molecule has 0 bridgehead atoms. The minimum Gasteiger partial charge on any atom is -0.487 e. The van der Waals surface area contributed by atoms with Crippen molar-refractivity contribution in [3.63, 3.8) is 0 Å². The molecule has 0 unspecified atom stereocenters. The molecule has 4 aromatic carbocycles. The van der Waals surface area contributed by atoms with E-state index >= 15 is 35.1 Å². The Kier molecular flexibility index (Phi) is 13.7. The van der Waals surface area contributed by atoms with Crippen LogP contribution in [0.1, 0.15) is 22.3 Å². The van der Waals surface area contributed by atoms with E-state index in [1.165, 1.54) is 52.7 Å². The molecule has 4 heterocycles. The van der Waals surface area contributed by atoms with Gasteiger partial charge in [0.2, 0.25) is 0 Å². The maximum absolute atomic E-state index is 15.4. The molecule has 4 nitrogen and oxygen atoms in total. The van der Waals surface area contributed by atoms with Crippen LogP contribution in [0.4, 0.5) is 52.7 Å². The second-order valence-corrected chi connectivity index (χ2v) is 20.5. The normalized spacial score (nSPS) is 17.7. The summed E-state index contributed by atoms with van der Waals surface area (Å²) < 4.78 is 204. The Hall–Kier alpha value is -6.48. The number of allylic oxidation sites excluding steroid dienone is 4. The van der Waals surface area contributed by atoms with Gasteiger partial charge in [-0.05, 0) is 46.5 Å². The van der Waals surface area contributed by atoms with E-state index in [0.717, 1.165) is 45.3 Å². The largest absolute Gasteiger partial charge is 0.487 e. The fraction of sp³-hybridized carbons (Fsp3) is 0.185. The third kappa shape index (κ3) is 8.28. The van der Waals surface area contributed by atoms with E-state index in [2.05, 4.69) is 0 Å². The Labute approximate surface area is 431 Å². The topological polar surface area (TPSA) is 36.9 Å². The van der Waals surface area contributed by atoms with Crippen molar-refractivity contribution >= 4 is 67.6 Å². The van der Waals surface area contributed by atoms with Crippen molar-refractivity contribution in [3.05, 3.63) is 168 Å². The second kappa shape index (κ2) is 19.3. The molecular formula is C54H36F12O4S4. The highest BCUT2D eigenvalue weighted by Crippen LogP contribution is 2.69. The van der Waals surface area contributed by atoms with E-state index in [4.69, 9.17) is 18.9 Å². The number of rotatable bonds is 12. The zero-order chi connectivity index (χ0) is 53.2. The molecule has 0 spiro atoms. The summed E-state index contributed by atoms with van der Waals surface area (Å²) in [7, 11) is 4.69. The van der Waals surface area contributed by atoms with Crippen LogP contribution in [0.5, 0.6) is 20.3 Å². The van der Waals surface area contributed by atoms with Crippen molar-refractivity contribution in [2.24, 2.45) is 0 Å². The van der Waals surface area contributed by atoms with Gasteiger partial charge in [-0.3, -0.25) is 0 Å². The van der Waals surface area contributed by atoms with E-state index in [9.17, 15) is 17.6 Å². The molecule has 2 aliphatic rings. The molecule has 10 rings (SSSR count). The first-order chi connectivity index (χ1) is 35.1. The first kappa shape index (κ1) is 52.4. The zero-order valence-electron chi connectivity index (χ0n) is 38.7. The SMILES string of the molecule is COc1sc(-c2ccccc2)cc1C1=C(c2cc(-c3ccccc3)sc2OC)C(F)(F)C(F)(F)C1(F)F.COc1sc(-c2ccccc2)cc1C1=C(c2cc(-c3ccccc3)sc2OC)C(F)(F)C(F)(F)C1(F)F. The first-order valence-corrected chi connectivity index (χ1v) is 25.1. The summed E-state index contributed by atoms with van der Waals surface area (Å²) in [6.45, 7) is 0. The highest BCUT2D eigenvalue weighted by Gasteiger charge is 2.82.